The van der Waals surface area contributed by atoms with Gasteiger partial charge in [-0.1, -0.05) is 6.92 Å². The van der Waals surface area contributed by atoms with E-state index in [4.69, 9.17) is 11.6 Å². The van der Waals surface area contributed by atoms with Crippen LogP contribution in [0.15, 0.2) is 22.7 Å². The van der Waals surface area contributed by atoms with Gasteiger partial charge < -0.3 is 11.6 Å². The van der Waals surface area contributed by atoms with Gasteiger partial charge in [0.25, 0.3) is 0 Å². The summed E-state index contributed by atoms with van der Waals surface area (Å²) < 4.78 is 15.0. The van der Waals surface area contributed by atoms with Gasteiger partial charge in [0.2, 0.25) is 0 Å². The maximum atomic E-state index is 13.1. The summed E-state index contributed by atoms with van der Waals surface area (Å²) in [5, 5.41) is 0. The van der Waals surface area contributed by atoms with Crippen molar-refractivity contribution in [3.05, 3.63) is 34.3 Å². The SMILES string of the molecule is CCCc1nc(-c2ccc(F)cc2Br)c(N)n1N. The van der Waals surface area contributed by atoms with Crippen molar-refractivity contribution in [3.8, 4) is 11.3 Å². The minimum absolute atomic E-state index is 0.315. The van der Waals surface area contributed by atoms with Crippen LogP contribution in [0.4, 0.5) is 10.2 Å². The normalized spacial score (nSPS) is 10.8. The van der Waals surface area contributed by atoms with Crippen LogP contribution in [-0.2, 0) is 6.42 Å². The average Bonchev–Trinajstić information content (AvgIpc) is 2.58. The Morgan fingerprint density at radius 2 is 2.17 bits per heavy atom. The van der Waals surface area contributed by atoms with Crippen molar-refractivity contribution in [3.63, 3.8) is 0 Å². The first kappa shape index (κ1) is 12.9. The Labute approximate surface area is 113 Å². The van der Waals surface area contributed by atoms with Crippen LogP contribution < -0.4 is 11.6 Å². The highest BCUT2D eigenvalue weighted by molar-refractivity contribution is 9.10. The summed E-state index contributed by atoms with van der Waals surface area (Å²) >= 11 is 3.31. The molecule has 0 unspecified atom stereocenters. The van der Waals surface area contributed by atoms with E-state index < -0.39 is 0 Å². The van der Waals surface area contributed by atoms with Crippen molar-refractivity contribution in [2.75, 3.05) is 11.6 Å². The first-order valence-electron chi connectivity index (χ1n) is 5.62. The van der Waals surface area contributed by atoms with E-state index in [0.717, 1.165) is 24.2 Å². The standard InChI is InChI=1S/C12H14BrFN4/c1-2-3-10-17-11(12(15)18(10)16)8-5-4-7(14)6-9(8)13/h4-6H,2-3,15-16H2,1H3. The van der Waals surface area contributed by atoms with Gasteiger partial charge in [-0.25, -0.2) is 14.1 Å². The third-order valence-corrected chi connectivity index (χ3v) is 3.34. The fraction of sp³-hybridized carbons (Fsp3) is 0.250. The maximum Gasteiger partial charge on any atom is 0.150 e. The van der Waals surface area contributed by atoms with Crippen LogP contribution in [0.3, 0.4) is 0 Å². The number of nitrogen functional groups attached to an aromatic ring is 2. The smallest absolute Gasteiger partial charge is 0.150 e. The summed E-state index contributed by atoms with van der Waals surface area (Å²) in [5.74, 6) is 6.64. The molecule has 0 aliphatic rings. The zero-order valence-corrected chi connectivity index (χ0v) is 11.5. The van der Waals surface area contributed by atoms with Crippen molar-refractivity contribution in [2.24, 2.45) is 0 Å². The van der Waals surface area contributed by atoms with Crippen LogP contribution in [0.25, 0.3) is 11.3 Å². The summed E-state index contributed by atoms with van der Waals surface area (Å²) in [6.07, 6.45) is 1.68. The van der Waals surface area contributed by atoms with Crippen LogP contribution >= 0.6 is 15.9 Å². The number of imidazole rings is 1. The fourth-order valence-corrected chi connectivity index (χ4v) is 2.31. The van der Waals surface area contributed by atoms with Gasteiger partial charge >= 0.3 is 0 Å². The number of aromatic nitrogens is 2. The number of hydrogen-bond donors (Lipinski definition) is 2. The van der Waals surface area contributed by atoms with Crippen LogP contribution in [0, 0.1) is 5.82 Å². The quantitative estimate of drug-likeness (QED) is 0.856. The van der Waals surface area contributed by atoms with Gasteiger partial charge in [0.1, 0.15) is 17.3 Å². The Morgan fingerprint density at radius 1 is 1.44 bits per heavy atom. The number of nitrogens with two attached hydrogens (primary N) is 2. The van der Waals surface area contributed by atoms with Crippen molar-refractivity contribution in [2.45, 2.75) is 19.8 Å². The minimum Gasteiger partial charge on any atom is -0.382 e. The van der Waals surface area contributed by atoms with E-state index in [-0.39, 0.29) is 5.82 Å². The maximum absolute atomic E-state index is 13.1. The summed E-state index contributed by atoms with van der Waals surface area (Å²) in [6.45, 7) is 2.04. The van der Waals surface area contributed by atoms with Gasteiger partial charge in [-0.15, -0.1) is 0 Å². The summed E-state index contributed by atoms with van der Waals surface area (Å²) in [5.41, 5.74) is 7.24. The number of nitrogens with zero attached hydrogens (tertiary/aromatic N) is 2. The molecule has 1 aromatic heterocycles. The second-order valence-electron chi connectivity index (χ2n) is 4.01. The Hall–Kier alpha value is -1.56. The van der Waals surface area contributed by atoms with Gasteiger partial charge in [0.05, 0.1) is 0 Å². The molecule has 4 N–H and O–H groups in total. The Kier molecular flexibility index (Phi) is 3.56. The van der Waals surface area contributed by atoms with Crippen molar-refractivity contribution < 1.29 is 4.39 Å². The molecule has 6 heteroatoms. The van der Waals surface area contributed by atoms with E-state index in [0.29, 0.717) is 16.0 Å². The van der Waals surface area contributed by atoms with Crippen LogP contribution in [-0.4, -0.2) is 9.66 Å². The van der Waals surface area contributed by atoms with E-state index in [1.165, 1.54) is 16.8 Å². The topological polar surface area (TPSA) is 69.9 Å². The summed E-state index contributed by atoms with van der Waals surface area (Å²) in [4.78, 5) is 4.42. The third-order valence-electron chi connectivity index (χ3n) is 2.68. The first-order chi connectivity index (χ1) is 8.54. The van der Waals surface area contributed by atoms with Gasteiger partial charge in [-0.05, 0) is 40.5 Å². The molecular formula is C12H14BrFN4. The predicted octanol–water partition coefficient (Wildman–Crippen LogP) is 2.70. The summed E-state index contributed by atoms with van der Waals surface area (Å²) in [6, 6.07) is 4.38. The molecule has 0 radical (unpaired) electrons. The molecule has 2 rings (SSSR count). The second-order valence-corrected chi connectivity index (χ2v) is 4.86. The number of aryl methyl sites for hydroxylation is 1. The largest absolute Gasteiger partial charge is 0.382 e. The van der Waals surface area contributed by atoms with Crippen molar-refractivity contribution in [1.82, 2.24) is 9.66 Å². The number of rotatable bonds is 3. The van der Waals surface area contributed by atoms with Crippen LogP contribution in [0.5, 0.6) is 0 Å². The van der Waals surface area contributed by atoms with Crippen LogP contribution in [0.2, 0.25) is 0 Å². The monoisotopic (exact) mass is 312 g/mol. The molecule has 1 heterocycles. The van der Waals surface area contributed by atoms with E-state index >= 15 is 0 Å². The lowest BCUT2D eigenvalue weighted by molar-refractivity contribution is 0.627. The molecule has 0 spiro atoms. The Morgan fingerprint density at radius 3 is 2.78 bits per heavy atom. The molecule has 0 aliphatic heterocycles. The molecule has 0 saturated heterocycles. The number of benzene rings is 1. The van der Waals surface area contributed by atoms with E-state index in [1.807, 2.05) is 6.92 Å². The molecule has 2 aromatic rings. The second kappa shape index (κ2) is 4.97. The third kappa shape index (κ3) is 2.20. The molecule has 18 heavy (non-hydrogen) atoms. The van der Waals surface area contributed by atoms with Gasteiger partial charge in [0.15, 0.2) is 5.82 Å². The van der Waals surface area contributed by atoms with E-state index in [2.05, 4.69) is 20.9 Å². The molecule has 1 aromatic carbocycles. The number of anilines is 1. The van der Waals surface area contributed by atoms with E-state index in [9.17, 15) is 4.39 Å². The van der Waals surface area contributed by atoms with Crippen molar-refractivity contribution in [1.29, 1.82) is 0 Å². The van der Waals surface area contributed by atoms with Gasteiger partial charge in [0, 0.05) is 16.5 Å². The molecule has 96 valence electrons. The lowest BCUT2D eigenvalue weighted by Crippen LogP contribution is -2.15. The molecule has 0 saturated carbocycles. The van der Waals surface area contributed by atoms with E-state index in [1.54, 1.807) is 6.07 Å². The first-order valence-corrected chi connectivity index (χ1v) is 6.41. The highest BCUT2D eigenvalue weighted by Crippen LogP contribution is 2.32. The number of hydrogen-bond acceptors (Lipinski definition) is 3. The van der Waals surface area contributed by atoms with Gasteiger partial charge in [-0.2, -0.15) is 0 Å². The highest BCUT2D eigenvalue weighted by Gasteiger charge is 2.16. The number of halogens is 2. The van der Waals surface area contributed by atoms with Crippen molar-refractivity contribution >= 4 is 21.7 Å². The summed E-state index contributed by atoms with van der Waals surface area (Å²) in [7, 11) is 0. The van der Waals surface area contributed by atoms with Gasteiger partial charge in [-0.3, -0.25) is 0 Å². The zero-order valence-electron chi connectivity index (χ0n) is 9.95. The Balaban J connectivity index is 2.53. The molecule has 0 bridgehead atoms. The zero-order chi connectivity index (χ0) is 13.3. The molecular weight excluding hydrogens is 299 g/mol. The predicted molar refractivity (Wildman–Crippen MR) is 73.9 cm³/mol. The lowest BCUT2D eigenvalue weighted by atomic mass is 10.1. The molecule has 0 fully saturated rings. The minimum atomic E-state index is -0.315. The molecule has 4 nitrogen and oxygen atoms in total. The molecule has 0 atom stereocenters. The molecule has 0 amide bonds. The average molecular weight is 313 g/mol. The lowest BCUT2D eigenvalue weighted by Gasteiger charge is -2.03. The fourth-order valence-electron chi connectivity index (χ4n) is 1.77. The highest BCUT2D eigenvalue weighted by atomic mass is 79.9. The Bertz CT molecular complexity index is 580. The molecule has 0 aliphatic carbocycles. The van der Waals surface area contributed by atoms with Crippen LogP contribution in [0.1, 0.15) is 19.2 Å².